The van der Waals surface area contributed by atoms with Gasteiger partial charge in [-0.3, -0.25) is 0 Å². The molecule has 5 nitrogen and oxygen atoms in total. The molecular formula is C23H20Cl2O5. The molecule has 0 aromatic heterocycles. The number of ether oxygens (including phenoxy) is 3. The van der Waals surface area contributed by atoms with E-state index in [9.17, 15) is 9.90 Å². The largest absolute Gasteiger partial charge is 0.485 e. The van der Waals surface area contributed by atoms with Gasteiger partial charge in [0.25, 0.3) is 0 Å². The lowest BCUT2D eigenvalue weighted by atomic mass is 10.1. The number of hydrogen-bond donors (Lipinski definition) is 1. The van der Waals surface area contributed by atoms with E-state index in [1.807, 2.05) is 36.4 Å². The third kappa shape index (κ3) is 5.25. The Kier molecular flexibility index (Phi) is 7.57. The Morgan fingerprint density at radius 1 is 0.867 bits per heavy atom. The maximum Gasteiger partial charge on any atom is 0.337 e. The third-order valence-electron chi connectivity index (χ3n) is 4.42. The smallest absolute Gasteiger partial charge is 0.337 e. The lowest BCUT2D eigenvalue weighted by Gasteiger charge is -2.20. The molecule has 3 aromatic rings. The Morgan fingerprint density at radius 2 is 1.43 bits per heavy atom. The highest BCUT2D eigenvalue weighted by Crippen LogP contribution is 2.38. The van der Waals surface area contributed by atoms with Crippen LogP contribution in [0, 0.1) is 0 Å². The summed E-state index contributed by atoms with van der Waals surface area (Å²) in [6.45, 7) is 0.325. The van der Waals surface area contributed by atoms with E-state index in [4.69, 9.17) is 37.4 Å². The number of rotatable bonds is 9. The molecule has 0 saturated heterocycles. The molecule has 0 amide bonds. The van der Waals surface area contributed by atoms with E-state index in [1.165, 1.54) is 7.11 Å². The van der Waals surface area contributed by atoms with Gasteiger partial charge in [-0.15, -0.1) is 0 Å². The maximum atomic E-state index is 11.7. The molecule has 3 rings (SSSR count). The maximum absolute atomic E-state index is 11.7. The quantitative estimate of drug-likeness (QED) is 0.441. The first kappa shape index (κ1) is 22.0. The number of hydrogen-bond acceptors (Lipinski definition) is 4. The van der Waals surface area contributed by atoms with E-state index in [-0.39, 0.29) is 19.0 Å². The molecule has 1 atom stereocenters. The van der Waals surface area contributed by atoms with Gasteiger partial charge in [-0.25, -0.2) is 4.79 Å². The molecule has 0 saturated carbocycles. The highest BCUT2D eigenvalue weighted by Gasteiger charge is 2.26. The lowest BCUT2D eigenvalue weighted by molar-refractivity contribution is -0.149. The summed E-state index contributed by atoms with van der Waals surface area (Å²) in [6.07, 6.45) is -1.21. The molecule has 1 N–H and O–H groups in total. The van der Waals surface area contributed by atoms with Crippen LogP contribution in [0.4, 0.5) is 0 Å². The van der Waals surface area contributed by atoms with Crippen molar-refractivity contribution >= 4 is 29.2 Å². The molecule has 0 unspecified atom stereocenters. The van der Waals surface area contributed by atoms with Crippen molar-refractivity contribution in [3.8, 4) is 11.5 Å². The van der Waals surface area contributed by atoms with Crippen molar-refractivity contribution in [1.29, 1.82) is 0 Å². The molecule has 156 valence electrons. The van der Waals surface area contributed by atoms with Crippen LogP contribution in [-0.4, -0.2) is 18.2 Å². The van der Waals surface area contributed by atoms with Crippen LogP contribution in [0.3, 0.4) is 0 Å². The first-order valence-electron chi connectivity index (χ1n) is 9.12. The van der Waals surface area contributed by atoms with Gasteiger partial charge in [-0.2, -0.15) is 0 Å². The molecule has 30 heavy (non-hydrogen) atoms. The summed E-state index contributed by atoms with van der Waals surface area (Å²) in [5.74, 6) is -0.482. The van der Waals surface area contributed by atoms with E-state index in [2.05, 4.69) is 0 Å². The fraction of sp³-hybridized carbons (Fsp3) is 0.174. The van der Waals surface area contributed by atoms with Crippen molar-refractivity contribution in [3.05, 3.63) is 93.5 Å². The van der Waals surface area contributed by atoms with E-state index >= 15 is 0 Å². The molecule has 0 spiro atoms. The molecule has 0 fully saturated rings. The zero-order chi connectivity index (χ0) is 21.5. The zero-order valence-corrected chi connectivity index (χ0v) is 17.7. The third-order valence-corrected chi connectivity index (χ3v) is 5.16. The van der Waals surface area contributed by atoms with Crippen LogP contribution in [0.1, 0.15) is 22.8 Å². The lowest BCUT2D eigenvalue weighted by Crippen LogP contribution is -2.15. The fourth-order valence-corrected chi connectivity index (χ4v) is 3.29. The highest BCUT2D eigenvalue weighted by molar-refractivity contribution is 6.31. The van der Waals surface area contributed by atoms with Gasteiger partial charge in [0.05, 0.1) is 0 Å². The topological polar surface area (TPSA) is 65.0 Å². The fourth-order valence-electron chi connectivity index (χ4n) is 2.90. The highest BCUT2D eigenvalue weighted by atomic mass is 35.5. The second-order valence-corrected chi connectivity index (χ2v) is 7.20. The van der Waals surface area contributed by atoms with Gasteiger partial charge in [0, 0.05) is 33.8 Å². The summed E-state index contributed by atoms with van der Waals surface area (Å²) < 4.78 is 17.1. The van der Waals surface area contributed by atoms with Crippen LogP contribution < -0.4 is 9.47 Å². The van der Waals surface area contributed by atoms with Crippen LogP contribution >= 0.6 is 23.2 Å². The van der Waals surface area contributed by atoms with Crippen molar-refractivity contribution in [3.63, 3.8) is 0 Å². The number of para-hydroxylation sites is 1. The molecule has 0 bridgehead atoms. The summed E-state index contributed by atoms with van der Waals surface area (Å²) in [5.41, 5.74) is 1.90. The number of benzene rings is 3. The minimum absolute atomic E-state index is 0.134. The van der Waals surface area contributed by atoms with Gasteiger partial charge in [0.2, 0.25) is 0 Å². The zero-order valence-electron chi connectivity index (χ0n) is 16.2. The number of carboxylic acids is 1. The Hall–Kier alpha value is -2.73. The predicted octanol–water partition coefficient (Wildman–Crippen LogP) is 5.92. The normalized spacial score (nSPS) is 11.7. The first-order chi connectivity index (χ1) is 14.5. The summed E-state index contributed by atoms with van der Waals surface area (Å²) in [4.78, 5) is 11.7. The Balaban J connectivity index is 1.93. The SMILES string of the molecule is CO[C@@H](C(=O)O)c1cccc(OCc2ccccc2Cl)c1OCc1ccccc1Cl. The molecular weight excluding hydrogens is 427 g/mol. The number of carboxylic acid groups (broad SMARTS) is 1. The van der Waals surface area contributed by atoms with Crippen LogP contribution in [-0.2, 0) is 22.7 Å². The number of halogens is 2. The molecule has 0 radical (unpaired) electrons. The van der Waals surface area contributed by atoms with Crippen LogP contribution in [0.5, 0.6) is 11.5 Å². The van der Waals surface area contributed by atoms with Crippen molar-refractivity contribution in [2.24, 2.45) is 0 Å². The van der Waals surface area contributed by atoms with Crippen LogP contribution in [0.15, 0.2) is 66.7 Å². The van der Waals surface area contributed by atoms with Crippen molar-refractivity contribution < 1.29 is 24.1 Å². The summed E-state index contributed by atoms with van der Waals surface area (Å²) in [6, 6.07) is 19.6. The van der Waals surface area contributed by atoms with Gasteiger partial charge in [0.15, 0.2) is 17.6 Å². The first-order valence-corrected chi connectivity index (χ1v) is 9.87. The van der Waals surface area contributed by atoms with Crippen LogP contribution in [0.2, 0.25) is 10.0 Å². The number of aliphatic carboxylic acids is 1. The van der Waals surface area contributed by atoms with Crippen molar-refractivity contribution in [1.82, 2.24) is 0 Å². The molecule has 0 aliphatic rings. The van der Waals surface area contributed by atoms with E-state index in [0.29, 0.717) is 21.4 Å². The molecule has 0 aliphatic carbocycles. The van der Waals surface area contributed by atoms with E-state index in [0.717, 1.165) is 11.1 Å². The van der Waals surface area contributed by atoms with Crippen LogP contribution in [0.25, 0.3) is 0 Å². The second-order valence-electron chi connectivity index (χ2n) is 6.39. The van der Waals surface area contributed by atoms with Gasteiger partial charge >= 0.3 is 5.97 Å². The van der Waals surface area contributed by atoms with Gasteiger partial charge in [-0.05, 0) is 18.2 Å². The monoisotopic (exact) mass is 446 g/mol. The minimum Gasteiger partial charge on any atom is -0.485 e. The van der Waals surface area contributed by atoms with Gasteiger partial charge < -0.3 is 19.3 Å². The second kappa shape index (κ2) is 10.3. The molecule has 0 heterocycles. The summed E-state index contributed by atoms with van der Waals surface area (Å²) >= 11 is 12.4. The number of methoxy groups -OCH3 is 1. The predicted molar refractivity (Wildman–Crippen MR) is 115 cm³/mol. The molecule has 3 aromatic carbocycles. The summed E-state index contributed by atoms with van der Waals surface area (Å²) in [5, 5.41) is 10.7. The average Bonchev–Trinajstić information content (AvgIpc) is 2.73. The number of carbonyl (C=O) groups is 1. The Labute approximate surface area is 184 Å². The van der Waals surface area contributed by atoms with Gasteiger partial charge in [0.1, 0.15) is 13.2 Å². The minimum atomic E-state index is -1.21. The van der Waals surface area contributed by atoms with Crippen molar-refractivity contribution in [2.45, 2.75) is 19.3 Å². The van der Waals surface area contributed by atoms with E-state index in [1.54, 1.807) is 30.3 Å². The Bertz CT molecular complexity index is 1020. The van der Waals surface area contributed by atoms with Crippen molar-refractivity contribution in [2.75, 3.05) is 7.11 Å². The van der Waals surface area contributed by atoms with E-state index < -0.39 is 12.1 Å². The van der Waals surface area contributed by atoms with Gasteiger partial charge in [-0.1, -0.05) is 71.7 Å². The molecule has 7 heteroatoms. The Morgan fingerprint density at radius 3 is 1.97 bits per heavy atom. The molecule has 0 aliphatic heterocycles. The average molecular weight is 447 g/mol. The summed E-state index contributed by atoms with van der Waals surface area (Å²) in [7, 11) is 1.33. The standard InChI is InChI=1S/C23H20Cl2O5/c1-28-22(23(26)27)17-9-6-12-20(29-13-15-7-2-4-10-18(15)24)21(17)30-14-16-8-3-5-11-19(16)25/h2-12,22H,13-14H2,1H3,(H,26,27)/t22-/m1/s1.